The van der Waals surface area contributed by atoms with E-state index in [0.29, 0.717) is 28.1 Å². The lowest BCUT2D eigenvalue weighted by atomic mass is 9.91. The highest BCUT2D eigenvalue weighted by molar-refractivity contribution is 14.1. The van der Waals surface area contributed by atoms with Crippen LogP contribution in [0.1, 0.15) is 66.2 Å². The maximum atomic E-state index is 13.8. The van der Waals surface area contributed by atoms with Crippen LogP contribution in [0.2, 0.25) is 0 Å². The highest BCUT2D eigenvalue weighted by Crippen LogP contribution is 2.54. The summed E-state index contributed by atoms with van der Waals surface area (Å²) in [6.45, 7) is 3.40. The summed E-state index contributed by atoms with van der Waals surface area (Å²) in [6, 6.07) is 7.13. The van der Waals surface area contributed by atoms with E-state index in [1.165, 1.54) is 19.8 Å². The SMILES string of the molecule is CC(=O)c1ccc(-c2c(I)ccc(C(N)=O)c2N2CCC3(CC2)CC3)nc1N1CCC(F)(F)CC1. The predicted octanol–water partition coefficient (Wildman–Crippen LogP) is 5.27. The Kier molecular flexibility index (Phi) is 6.26. The van der Waals surface area contributed by atoms with Gasteiger partial charge in [0, 0.05) is 48.2 Å². The van der Waals surface area contributed by atoms with Gasteiger partial charge in [-0.25, -0.2) is 13.8 Å². The molecule has 2 aromatic rings. The van der Waals surface area contributed by atoms with Gasteiger partial charge in [0.2, 0.25) is 0 Å². The van der Waals surface area contributed by atoms with E-state index in [2.05, 4.69) is 27.5 Å². The molecule has 35 heavy (non-hydrogen) atoms. The van der Waals surface area contributed by atoms with E-state index >= 15 is 0 Å². The maximum Gasteiger partial charge on any atom is 0.251 e. The van der Waals surface area contributed by atoms with Crippen LogP contribution in [0.5, 0.6) is 0 Å². The number of piperidine rings is 2. The molecule has 9 heteroatoms. The lowest BCUT2D eigenvalue weighted by Crippen LogP contribution is -2.40. The average molecular weight is 594 g/mol. The van der Waals surface area contributed by atoms with E-state index in [0.717, 1.165) is 40.8 Å². The number of halogens is 3. The third kappa shape index (κ3) is 4.75. The number of nitrogens with two attached hydrogens (primary N) is 1. The summed E-state index contributed by atoms with van der Waals surface area (Å²) >= 11 is 2.24. The van der Waals surface area contributed by atoms with Gasteiger partial charge in [-0.3, -0.25) is 9.59 Å². The number of nitrogens with zero attached hydrogens (tertiary/aromatic N) is 3. The first-order valence-electron chi connectivity index (χ1n) is 12.1. The van der Waals surface area contributed by atoms with Crippen LogP contribution >= 0.6 is 22.6 Å². The molecule has 6 nitrogen and oxygen atoms in total. The first-order valence-corrected chi connectivity index (χ1v) is 13.2. The second-order valence-electron chi connectivity index (χ2n) is 10.1. The smallest absolute Gasteiger partial charge is 0.251 e. The summed E-state index contributed by atoms with van der Waals surface area (Å²) in [5, 5.41) is 0. The molecule has 2 aliphatic heterocycles. The number of rotatable bonds is 5. The van der Waals surface area contributed by atoms with Gasteiger partial charge in [-0.05, 0) is 84.9 Å². The molecule has 0 radical (unpaired) electrons. The van der Waals surface area contributed by atoms with Crippen molar-refractivity contribution in [1.82, 2.24) is 4.98 Å². The van der Waals surface area contributed by atoms with Gasteiger partial charge in [0.1, 0.15) is 5.82 Å². The zero-order valence-corrected chi connectivity index (χ0v) is 21.9. The van der Waals surface area contributed by atoms with Crippen molar-refractivity contribution < 1.29 is 18.4 Å². The van der Waals surface area contributed by atoms with Crippen LogP contribution in [-0.4, -0.2) is 48.8 Å². The third-order valence-corrected chi connectivity index (χ3v) is 8.69. The highest BCUT2D eigenvalue weighted by Gasteiger charge is 2.45. The Bertz CT molecular complexity index is 1180. The van der Waals surface area contributed by atoms with Gasteiger partial charge in [-0.2, -0.15) is 0 Å². The molecule has 2 saturated heterocycles. The fourth-order valence-electron chi connectivity index (χ4n) is 5.37. The molecule has 5 rings (SSSR count). The van der Waals surface area contributed by atoms with Crippen molar-refractivity contribution in [3.05, 3.63) is 39.0 Å². The number of hydrogen-bond donors (Lipinski definition) is 1. The molecule has 1 aromatic carbocycles. The molecule has 3 aliphatic rings. The number of aromatic nitrogens is 1. The Balaban J connectivity index is 1.60. The number of Topliss-reactive ketones (excluding diaryl/α,β-unsaturated/α-hetero) is 1. The minimum Gasteiger partial charge on any atom is -0.370 e. The average Bonchev–Trinajstić information content (AvgIpc) is 3.57. The first-order chi connectivity index (χ1) is 16.6. The number of hydrogen-bond acceptors (Lipinski definition) is 5. The summed E-state index contributed by atoms with van der Waals surface area (Å²) in [4.78, 5) is 33.7. The first kappa shape index (κ1) is 24.4. The van der Waals surface area contributed by atoms with Gasteiger partial charge < -0.3 is 15.5 Å². The largest absolute Gasteiger partial charge is 0.370 e. The molecule has 2 N–H and O–H groups in total. The van der Waals surface area contributed by atoms with Crippen molar-refractivity contribution in [3.8, 4) is 11.3 Å². The zero-order valence-electron chi connectivity index (χ0n) is 19.7. The summed E-state index contributed by atoms with van der Waals surface area (Å²) in [5.74, 6) is -2.94. The van der Waals surface area contributed by atoms with Crippen molar-refractivity contribution in [2.45, 2.75) is 51.4 Å². The lowest BCUT2D eigenvalue weighted by Gasteiger charge is -2.36. The second kappa shape index (κ2) is 8.97. The van der Waals surface area contributed by atoms with Crippen molar-refractivity contribution >= 4 is 45.8 Å². The summed E-state index contributed by atoms with van der Waals surface area (Å²) in [7, 11) is 0. The molecule has 0 atom stereocenters. The van der Waals surface area contributed by atoms with Gasteiger partial charge in [-0.1, -0.05) is 0 Å². The number of carbonyl (C=O) groups excluding carboxylic acids is 2. The normalized spacial score (nSPS) is 20.7. The van der Waals surface area contributed by atoms with Crippen molar-refractivity contribution in [2.24, 2.45) is 11.1 Å². The van der Waals surface area contributed by atoms with Crippen LogP contribution in [0, 0.1) is 8.99 Å². The zero-order chi connectivity index (χ0) is 25.0. The van der Waals surface area contributed by atoms with Crippen LogP contribution in [0.25, 0.3) is 11.3 Å². The molecule has 3 fully saturated rings. The maximum absolute atomic E-state index is 13.8. The number of amides is 1. The predicted molar refractivity (Wildman–Crippen MR) is 140 cm³/mol. The fraction of sp³-hybridized carbons (Fsp3) is 0.500. The topological polar surface area (TPSA) is 79.5 Å². The van der Waals surface area contributed by atoms with E-state index in [-0.39, 0.29) is 31.7 Å². The molecule has 1 amide bonds. The number of alkyl halides is 2. The fourth-order valence-corrected chi connectivity index (χ4v) is 6.08. The lowest BCUT2D eigenvalue weighted by molar-refractivity contribution is -0.0221. The van der Waals surface area contributed by atoms with Gasteiger partial charge >= 0.3 is 0 Å². The van der Waals surface area contributed by atoms with Crippen molar-refractivity contribution in [1.29, 1.82) is 0 Å². The van der Waals surface area contributed by atoms with Crippen LogP contribution in [-0.2, 0) is 0 Å². The van der Waals surface area contributed by atoms with Crippen LogP contribution in [0.3, 0.4) is 0 Å². The van der Waals surface area contributed by atoms with E-state index in [1.54, 1.807) is 23.1 Å². The minimum atomic E-state index is -2.70. The van der Waals surface area contributed by atoms with Crippen LogP contribution < -0.4 is 15.5 Å². The molecular formula is C26H29F2IN4O2. The van der Waals surface area contributed by atoms with Crippen LogP contribution in [0.15, 0.2) is 24.3 Å². The second-order valence-corrected chi connectivity index (χ2v) is 11.3. The number of benzene rings is 1. The monoisotopic (exact) mass is 594 g/mol. The number of ketones is 1. The molecule has 3 heterocycles. The van der Waals surface area contributed by atoms with Crippen molar-refractivity contribution in [2.75, 3.05) is 36.0 Å². The summed E-state index contributed by atoms with van der Waals surface area (Å²) in [6.07, 6.45) is 4.17. The Hall–Kier alpha value is -2.30. The van der Waals surface area contributed by atoms with E-state index in [4.69, 9.17) is 10.7 Å². The Morgan fingerprint density at radius 2 is 1.51 bits per heavy atom. The minimum absolute atomic E-state index is 0.128. The Labute approximate surface area is 217 Å². The molecule has 1 spiro atoms. The number of pyridine rings is 1. The van der Waals surface area contributed by atoms with E-state index in [9.17, 15) is 18.4 Å². The number of primary amides is 1. The number of anilines is 2. The summed E-state index contributed by atoms with van der Waals surface area (Å²) < 4.78 is 28.6. The molecule has 1 aromatic heterocycles. The molecule has 1 aliphatic carbocycles. The summed E-state index contributed by atoms with van der Waals surface area (Å²) in [5.41, 5.74) is 9.32. The van der Waals surface area contributed by atoms with Crippen molar-refractivity contribution in [3.63, 3.8) is 0 Å². The highest BCUT2D eigenvalue weighted by atomic mass is 127. The number of carbonyl (C=O) groups is 2. The molecule has 0 unspecified atom stereocenters. The van der Waals surface area contributed by atoms with Gasteiger partial charge in [0.05, 0.1) is 22.5 Å². The van der Waals surface area contributed by atoms with Gasteiger partial charge in [0.25, 0.3) is 11.8 Å². The molecule has 0 bridgehead atoms. The third-order valence-electron chi connectivity index (χ3n) is 7.80. The van der Waals surface area contributed by atoms with Gasteiger partial charge in [-0.15, -0.1) is 0 Å². The Morgan fingerprint density at radius 1 is 0.914 bits per heavy atom. The molecular weight excluding hydrogens is 565 g/mol. The van der Waals surface area contributed by atoms with Gasteiger partial charge in [0.15, 0.2) is 5.78 Å². The standard InChI is InChI=1S/C26H29F2IN4O2/c1-16(34)17-3-5-20(31-24(17)33-14-10-26(27,28)11-15-33)21-19(29)4-2-18(23(30)35)22(21)32-12-8-25(6-7-25)9-13-32/h2-5H,6-15H2,1H3,(H2,30,35). The quantitative estimate of drug-likeness (QED) is 0.377. The van der Waals surface area contributed by atoms with Crippen LogP contribution in [0.4, 0.5) is 20.3 Å². The molecule has 1 saturated carbocycles. The molecule has 186 valence electrons. The van der Waals surface area contributed by atoms with E-state index < -0.39 is 11.8 Å². The van der Waals surface area contributed by atoms with E-state index in [1.807, 2.05) is 6.07 Å². The Morgan fingerprint density at radius 3 is 2.09 bits per heavy atom.